The van der Waals surface area contributed by atoms with E-state index < -0.39 is 0 Å². The minimum atomic E-state index is -0.0946. The van der Waals surface area contributed by atoms with Gasteiger partial charge in [-0.05, 0) is 29.9 Å². The van der Waals surface area contributed by atoms with Crippen molar-refractivity contribution >= 4 is 5.97 Å². The zero-order valence-electron chi connectivity index (χ0n) is 8.32. The topological polar surface area (TPSA) is 26.3 Å². The van der Waals surface area contributed by atoms with Gasteiger partial charge in [-0.1, -0.05) is 24.3 Å². The second kappa shape index (κ2) is 3.82. The summed E-state index contributed by atoms with van der Waals surface area (Å²) in [6, 6.07) is 8.40. The summed E-state index contributed by atoms with van der Waals surface area (Å²) in [5.74, 6) is 0.350. The van der Waals surface area contributed by atoms with Gasteiger partial charge >= 0.3 is 5.97 Å². The van der Waals surface area contributed by atoms with E-state index >= 15 is 0 Å². The van der Waals surface area contributed by atoms with Crippen LogP contribution in [-0.4, -0.2) is 13.1 Å². The Morgan fingerprint density at radius 3 is 2.43 bits per heavy atom. The molecule has 0 saturated carbocycles. The Labute approximate surface area is 83.9 Å². The first-order valence-corrected chi connectivity index (χ1v) is 4.93. The van der Waals surface area contributed by atoms with Crippen LogP contribution in [0.5, 0.6) is 0 Å². The summed E-state index contributed by atoms with van der Waals surface area (Å²) in [7, 11) is 1.45. The molecule has 1 aromatic rings. The van der Waals surface area contributed by atoms with Crippen molar-refractivity contribution in [2.75, 3.05) is 7.11 Å². The highest BCUT2D eigenvalue weighted by molar-refractivity contribution is 5.69. The van der Waals surface area contributed by atoms with Crippen LogP contribution in [0.25, 0.3) is 0 Å². The molecule has 14 heavy (non-hydrogen) atoms. The van der Waals surface area contributed by atoms with Crippen LogP contribution in [0.4, 0.5) is 0 Å². The molecule has 2 heteroatoms. The summed E-state index contributed by atoms with van der Waals surface area (Å²) < 4.78 is 4.67. The number of benzene rings is 1. The van der Waals surface area contributed by atoms with E-state index in [1.807, 2.05) is 0 Å². The van der Waals surface area contributed by atoms with E-state index in [1.165, 1.54) is 18.2 Å². The van der Waals surface area contributed by atoms with Crippen molar-refractivity contribution in [3.05, 3.63) is 35.4 Å². The molecular weight excluding hydrogens is 176 g/mol. The molecule has 1 aromatic carbocycles. The third-order valence-electron chi connectivity index (χ3n) is 2.82. The van der Waals surface area contributed by atoms with Gasteiger partial charge in [0.2, 0.25) is 0 Å². The summed E-state index contributed by atoms with van der Waals surface area (Å²) in [6.45, 7) is 0. The molecule has 0 radical (unpaired) electrons. The number of carbonyl (C=O) groups is 1. The number of methoxy groups -OCH3 is 1. The normalized spacial score (nSPS) is 15.2. The molecular formula is C12H14O2. The summed E-state index contributed by atoms with van der Waals surface area (Å²) in [5.41, 5.74) is 2.78. The van der Waals surface area contributed by atoms with Gasteiger partial charge in [-0.25, -0.2) is 0 Å². The zero-order valence-corrected chi connectivity index (χ0v) is 8.32. The molecule has 0 aliphatic heterocycles. The maximum atomic E-state index is 11.1. The largest absolute Gasteiger partial charge is 0.469 e. The maximum Gasteiger partial charge on any atom is 0.305 e. The molecule has 1 aliphatic rings. The van der Waals surface area contributed by atoms with Gasteiger partial charge in [-0.3, -0.25) is 4.79 Å². The summed E-state index contributed by atoms with van der Waals surface area (Å²) >= 11 is 0. The Morgan fingerprint density at radius 2 is 1.93 bits per heavy atom. The Bertz CT molecular complexity index is 319. The van der Waals surface area contributed by atoms with Crippen molar-refractivity contribution in [2.24, 2.45) is 5.92 Å². The Balaban J connectivity index is 2.01. The minimum Gasteiger partial charge on any atom is -0.469 e. The first-order valence-electron chi connectivity index (χ1n) is 4.93. The lowest BCUT2D eigenvalue weighted by molar-refractivity contribution is -0.141. The highest BCUT2D eigenvalue weighted by atomic mass is 16.5. The van der Waals surface area contributed by atoms with Gasteiger partial charge in [0.15, 0.2) is 0 Å². The molecule has 1 aliphatic carbocycles. The molecule has 0 saturated heterocycles. The van der Waals surface area contributed by atoms with Crippen LogP contribution in [0.2, 0.25) is 0 Å². The molecule has 0 N–H and O–H groups in total. The van der Waals surface area contributed by atoms with Crippen molar-refractivity contribution < 1.29 is 9.53 Å². The fraction of sp³-hybridized carbons (Fsp3) is 0.417. The fourth-order valence-corrected chi connectivity index (χ4v) is 2.11. The first-order chi connectivity index (χ1) is 6.79. The molecule has 0 aromatic heterocycles. The zero-order chi connectivity index (χ0) is 9.97. The van der Waals surface area contributed by atoms with Gasteiger partial charge in [0.1, 0.15) is 0 Å². The molecule has 2 rings (SSSR count). The molecule has 0 amide bonds. The highest BCUT2D eigenvalue weighted by Crippen LogP contribution is 2.28. The van der Waals surface area contributed by atoms with Crippen LogP contribution in [-0.2, 0) is 22.4 Å². The third-order valence-corrected chi connectivity index (χ3v) is 2.82. The predicted molar refractivity (Wildman–Crippen MR) is 54.0 cm³/mol. The van der Waals surface area contributed by atoms with Crippen LogP contribution >= 0.6 is 0 Å². The molecule has 0 heterocycles. The molecule has 0 atom stereocenters. The van der Waals surface area contributed by atoms with E-state index in [-0.39, 0.29) is 5.97 Å². The lowest BCUT2D eigenvalue weighted by atomic mass is 10.0. The monoisotopic (exact) mass is 190 g/mol. The van der Waals surface area contributed by atoms with E-state index in [0.29, 0.717) is 12.3 Å². The van der Waals surface area contributed by atoms with Gasteiger partial charge in [-0.2, -0.15) is 0 Å². The quantitative estimate of drug-likeness (QED) is 0.666. The van der Waals surface area contributed by atoms with Gasteiger partial charge in [0, 0.05) is 6.42 Å². The summed E-state index contributed by atoms with van der Waals surface area (Å²) in [6.07, 6.45) is 2.59. The van der Waals surface area contributed by atoms with E-state index in [1.54, 1.807) is 0 Å². The van der Waals surface area contributed by atoms with Gasteiger partial charge < -0.3 is 4.74 Å². The average molecular weight is 190 g/mol. The molecule has 74 valence electrons. The third kappa shape index (κ3) is 1.79. The standard InChI is InChI=1S/C12H14O2/c1-14-12(13)8-9-6-10-4-2-3-5-11(10)7-9/h2-5,9H,6-8H2,1H3. The fourth-order valence-electron chi connectivity index (χ4n) is 2.11. The van der Waals surface area contributed by atoms with Crippen LogP contribution in [0.3, 0.4) is 0 Å². The number of fused-ring (bicyclic) bond motifs is 1. The number of esters is 1. The summed E-state index contributed by atoms with van der Waals surface area (Å²) in [4.78, 5) is 11.1. The highest BCUT2D eigenvalue weighted by Gasteiger charge is 2.23. The van der Waals surface area contributed by atoms with Gasteiger partial charge in [0.05, 0.1) is 7.11 Å². The smallest absolute Gasteiger partial charge is 0.305 e. The Morgan fingerprint density at radius 1 is 1.36 bits per heavy atom. The predicted octanol–water partition coefficient (Wildman–Crippen LogP) is 1.96. The SMILES string of the molecule is COC(=O)CC1Cc2ccccc2C1. The van der Waals surface area contributed by atoms with Crippen molar-refractivity contribution in [3.8, 4) is 0 Å². The van der Waals surface area contributed by atoms with Crippen LogP contribution in [0, 0.1) is 5.92 Å². The number of carbonyl (C=O) groups excluding carboxylic acids is 1. The molecule has 0 fully saturated rings. The van der Waals surface area contributed by atoms with Crippen molar-refractivity contribution in [2.45, 2.75) is 19.3 Å². The van der Waals surface area contributed by atoms with E-state index in [0.717, 1.165) is 12.8 Å². The van der Waals surface area contributed by atoms with E-state index in [9.17, 15) is 4.79 Å². The second-order valence-corrected chi connectivity index (χ2v) is 3.82. The van der Waals surface area contributed by atoms with Crippen LogP contribution < -0.4 is 0 Å². The number of hydrogen-bond donors (Lipinski definition) is 0. The summed E-state index contributed by atoms with van der Waals surface area (Å²) in [5, 5.41) is 0. The lowest BCUT2D eigenvalue weighted by Crippen LogP contribution is -2.09. The average Bonchev–Trinajstić information content (AvgIpc) is 2.59. The Hall–Kier alpha value is -1.31. The van der Waals surface area contributed by atoms with E-state index in [4.69, 9.17) is 0 Å². The second-order valence-electron chi connectivity index (χ2n) is 3.82. The first kappa shape index (κ1) is 9.25. The van der Waals surface area contributed by atoms with Crippen molar-refractivity contribution in [3.63, 3.8) is 0 Å². The number of hydrogen-bond acceptors (Lipinski definition) is 2. The molecule has 2 nitrogen and oxygen atoms in total. The van der Waals surface area contributed by atoms with Crippen LogP contribution in [0.1, 0.15) is 17.5 Å². The minimum absolute atomic E-state index is 0.0946. The maximum absolute atomic E-state index is 11.1. The lowest BCUT2D eigenvalue weighted by Gasteiger charge is -2.05. The van der Waals surface area contributed by atoms with Crippen molar-refractivity contribution in [1.82, 2.24) is 0 Å². The van der Waals surface area contributed by atoms with Crippen LogP contribution in [0.15, 0.2) is 24.3 Å². The van der Waals surface area contributed by atoms with Gasteiger partial charge in [0.25, 0.3) is 0 Å². The molecule has 0 spiro atoms. The van der Waals surface area contributed by atoms with E-state index in [2.05, 4.69) is 29.0 Å². The van der Waals surface area contributed by atoms with Crippen molar-refractivity contribution in [1.29, 1.82) is 0 Å². The molecule has 0 unspecified atom stereocenters. The van der Waals surface area contributed by atoms with Gasteiger partial charge in [-0.15, -0.1) is 0 Å². The number of rotatable bonds is 2. The Kier molecular flexibility index (Phi) is 2.53. The number of ether oxygens (including phenoxy) is 1. The molecule has 0 bridgehead atoms.